The fourth-order valence-electron chi connectivity index (χ4n) is 3.22. The molecule has 1 saturated heterocycles. The van der Waals surface area contributed by atoms with Crippen molar-refractivity contribution in [2.75, 3.05) is 18.8 Å². The van der Waals surface area contributed by atoms with Gasteiger partial charge in [-0.2, -0.15) is 0 Å². The summed E-state index contributed by atoms with van der Waals surface area (Å²) in [6, 6.07) is 10.8. The molecule has 1 aliphatic rings. The van der Waals surface area contributed by atoms with Crippen molar-refractivity contribution in [3.8, 4) is 0 Å². The van der Waals surface area contributed by atoms with Gasteiger partial charge in [0.15, 0.2) is 0 Å². The standard InChI is InChI=1S/C17H20N4O4S/c18-26(24,25)11-16(22)20-15-10-21(17(23)13-6-7-19-8-13)9-14(15)12-4-2-1-3-5-12/h1-8,14-15,19H,9-11H2,(H,20,22)(H2,18,24,25)/t14-,15+/m0/s1. The Morgan fingerprint density at radius 2 is 1.92 bits per heavy atom. The first-order valence-corrected chi connectivity index (χ1v) is 9.82. The van der Waals surface area contributed by atoms with Crippen LogP contribution in [0, 0.1) is 0 Å². The minimum absolute atomic E-state index is 0.136. The second kappa shape index (κ2) is 7.30. The Bertz CT molecular complexity index is 881. The first kappa shape index (κ1) is 18.2. The minimum atomic E-state index is -3.91. The van der Waals surface area contributed by atoms with Crippen molar-refractivity contribution < 1.29 is 18.0 Å². The van der Waals surface area contributed by atoms with Crippen molar-refractivity contribution in [1.82, 2.24) is 15.2 Å². The number of sulfonamides is 1. The van der Waals surface area contributed by atoms with E-state index in [4.69, 9.17) is 5.14 Å². The van der Waals surface area contributed by atoms with Crippen LogP contribution < -0.4 is 10.5 Å². The highest BCUT2D eigenvalue weighted by molar-refractivity contribution is 7.89. The quantitative estimate of drug-likeness (QED) is 0.680. The molecule has 138 valence electrons. The van der Waals surface area contributed by atoms with Gasteiger partial charge in [0.2, 0.25) is 15.9 Å². The van der Waals surface area contributed by atoms with Gasteiger partial charge in [-0.25, -0.2) is 13.6 Å². The van der Waals surface area contributed by atoms with Crippen molar-refractivity contribution >= 4 is 21.8 Å². The lowest BCUT2D eigenvalue weighted by molar-refractivity contribution is -0.119. The van der Waals surface area contributed by atoms with E-state index in [1.54, 1.807) is 23.4 Å². The van der Waals surface area contributed by atoms with E-state index in [-0.39, 0.29) is 11.8 Å². The summed E-state index contributed by atoms with van der Waals surface area (Å²) >= 11 is 0. The number of aromatic nitrogens is 1. The first-order chi connectivity index (χ1) is 12.3. The maximum absolute atomic E-state index is 12.6. The van der Waals surface area contributed by atoms with Crippen LogP contribution in [0.2, 0.25) is 0 Å². The lowest BCUT2D eigenvalue weighted by atomic mass is 9.94. The number of nitrogens with two attached hydrogens (primary N) is 1. The van der Waals surface area contributed by atoms with Gasteiger partial charge in [0.25, 0.3) is 5.91 Å². The van der Waals surface area contributed by atoms with Crippen molar-refractivity contribution in [2.24, 2.45) is 5.14 Å². The van der Waals surface area contributed by atoms with Crippen LogP contribution >= 0.6 is 0 Å². The van der Waals surface area contributed by atoms with E-state index in [2.05, 4.69) is 10.3 Å². The zero-order valence-corrected chi connectivity index (χ0v) is 14.8. The van der Waals surface area contributed by atoms with Crippen LogP contribution in [0.3, 0.4) is 0 Å². The zero-order chi connectivity index (χ0) is 18.7. The number of H-pyrrole nitrogens is 1. The van der Waals surface area contributed by atoms with Crippen molar-refractivity contribution in [3.05, 3.63) is 59.9 Å². The maximum atomic E-state index is 12.6. The summed E-state index contributed by atoms with van der Waals surface area (Å²) in [4.78, 5) is 29.1. The molecule has 9 heteroatoms. The molecule has 0 radical (unpaired) electrons. The number of carbonyl (C=O) groups excluding carboxylic acids is 2. The van der Waals surface area contributed by atoms with Gasteiger partial charge >= 0.3 is 0 Å². The fraction of sp³-hybridized carbons (Fsp3) is 0.294. The fourth-order valence-corrected chi connectivity index (χ4v) is 3.67. The number of rotatable bonds is 5. The number of carbonyl (C=O) groups is 2. The van der Waals surface area contributed by atoms with E-state index < -0.39 is 27.7 Å². The average Bonchev–Trinajstić information content (AvgIpc) is 3.23. The number of benzene rings is 1. The number of amides is 2. The van der Waals surface area contributed by atoms with Crippen LogP contribution in [0.5, 0.6) is 0 Å². The molecule has 2 amide bonds. The topological polar surface area (TPSA) is 125 Å². The van der Waals surface area contributed by atoms with Gasteiger partial charge in [0.1, 0.15) is 5.75 Å². The third kappa shape index (κ3) is 4.30. The van der Waals surface area contributed by atoms with Crippen LogP contribution in [-0.2, 0) is 14.8 Å². The third-order valence-electron chi connectivity index (χ3n) is 4.36. The van der Waals surface area contributed by atoms with Crippen LogP contribution in [0.25, 0.3) is 0 Å². The van der Waals surface area contributed by atoms with E-state index >= 15 is 0 Å². The smallest absolute Gasteiger partial charge is 0.255 e. The summed E-state index contributed by atoms with van der Waals surface area (Å²) in [5.74, 6) is -1.73. The molecule has 2 atom stereocenters. The van der Waals surface area contributed by atoms with Gasteiger partial charge in [0.05, 0.1) is 11.6 Å². The Labute approximate surface area is 151 Å². The summed E-state index contributed by atoms with van der Waals surface area (Å²) in [5, 5.41) is 7.65. The molecule has 0 saturated carbocycles. The molecule has 0 unspecified atom stereocenters. The molecule has 0 spiro atoms. The van der Waals surface area contributed by atoms with Crippen LogP contribution in [0.15, 0.2) is 48.8 Å². The van der Waals surface area contributed by atoms with E-state index in [9.17, 15) is 18.0 Å². The second-order valence-electron chi connectivity index (χ2n) is 6.31. The summed E-state index contributed by atoms with van der Waals surface area (Å²) in [6.07, 6.45) is 3.29. The molecule has 1 aromatic heterocycles. The number of aromatic amines is 1. The lowest BCUT2D eigenvalue weighted by Gasteiger charge is -2.19. The molecule has 26 heavy (non-hydrogen) atoms. The number of hydrogen-bond donors (Lipinski definition) is 3. The van der Waals surface area contributed by atoms with Gasteiger partial charge in [-0.1, -0.05) is 30.3 Å². The third-order valence-corrected chi connectivity index (χ3v) is 5.02. The molecule has 1 aliphatic heterocycles. The highest BCUT2D eigenvalue weighted by Crippen LogP contribution is 2.28. The maximum Gasteiger partial charge on any atom is 0.255 e. The van der Waals surface area contributed by atoms with Gasteiger partial charge < -0.3 is 15.2 Å². The Hall–Kier alpha value is -2.65. The van der Waals surface area contributed by atoms with Crippen LogP contribution in [-0.4, -0.2) is 55.0 Å². The molecular weight excluding hydrogens is 356 g/mol. The van der Waals surface area contributed by atoms with Gasteiger partial charge in [-0.15, -0.1) is 0 Å². The Morgan fingerprint density at radius 3 is 2.54 bits per heavy atom. The molecule has 1 aromatic carbocycles. The molecule has 2 aromatic rings. The van der Waals surface area contributed by atoms with Gasteiger partial charge in [-0.3, -0.25) is 9.59 Å². The molecule has 3 rings (SSSR count). The molecular formula is C17H20N4O4S. The number of primary sulfonamides is 1. The predicted molar refractivity (Wildman–Crippen MR) is 95.8 cm³/mol. The lowest BCUT2D eigenvalue weighted by Crippen LogP contribution is -2.43. The van der Waals surface area contributed by atoms with Crippen molar-refractivity contribution in [1.29, 1.82) is 0 Å². The molecule has 0 aliphatic carbocycles. The Morgan fingerprint density at radius 1 is 1.19 bits per heavy atom. The van der Waals surface area contributed by atoms with E-state index in [1.807, 2.05) is 30.3 Å². The van der Waals surface area contributed by atoms with E-state index in [1.165, 1.54) is 0 Å². The number of nitrogens with zero attached hydrogens (tertiary/aromatic N) is 1. The second-order valence-corrected chi connectivity index (χ2v) is 7.92. The Balaban J connectivity index is 1.80. The highest BCUT2D eigenvalue weighted by atomic mass is 32.2. The monoisotopic (exact) mass is 376 g/mol. The van der Waals surface area contributed by atoms with Gasteiger partial charge in [-0.05, 0) is 11.6 Å². The van der Waals surface area contributed by atoms with Crippen LogP contribution in [0.1, 0.15) is 21.8 Å². The molecule has 0 bridgehead atoms. The van der Waals surface area contributed by atoms with E-state index in [0.29, 0.717) is 18.7 Å². The SMILES string of the molecule is NS(=O)(=O)CC(=O)N[C@@H]1CN(C(=O)c2cc[nH]c2)C[C@H]1c1ccccc1. The molecule has 8 nitrogen and oxygen atoms in total. The minimum Gasteiger partial charge on any atom is -0.367 e. The normalized spacial score (nSPS) is 20.1. The molecule has 2 heterocycles. The number of likely N-dealkylation sites (tertiary alicyclic amines) is 1. The number of nitrogens with one attached hydrogen (secondary N) is 2. The van der Waals surface area contributed by atoms with Crippen molar-refractivity contribution in [3.63, 3.8) is 0 Å². The van der Waals surface area contributed by atoms with E-state index in [0.717, 1.165) is 5.56 Å². The zero-order valence-electron chi connectivity index (χ0n) is 14.0. The first-order valence-electron chi connectivity index (χ1n) is 8.10. The highest BCUT2D eigenvalue weighted by Gasteiger charge is 2.37. The predicted octanol–water partition coefficient (Wildman–Crippen LogP) is 0.0276. The summed E-state index contributed by atoms with van der Waals surface area (Å²) in [6.45, 7) is 0.717. The summed E-state index contributed by atoms with van der Waals surface area (Å²) in [5.41, 5.74) is 1.51. The molecule has 4 N–H and O–H groups in total. The number of hydrogen-bond acceptors (Lipinski definition) is 4. The average molecular weight is 376 g/mol. The van der Waals surface area contributed by atoms with Crippen LogP contribution in [0.4, 0.5) is 0 Å². The molecule has 1 fully saturated rings. The summed E-state index contributed by atoms with van der Waals surface area (Å²) in [7, 11) is -3.91. The Kier molecular flexibility index (Phi) is 5.10. The largest absolute Gasteiger partial charge is 0.367 e. The van der Waals surface area contributed by atoms with Gasteiger partial charge in [0, 0.05) is 31.4 Å². The van der Waals surface area contributed by atoms with Crippen molar-refractivity contribution in [2.45, 2.75) is 12.0 Å². The summed E-state index contributed by atoms with van der Waals surface area (Å²) < 4.78 is 22.3.